The van der Waals surface area contributed by atoms with Crippen LogP contribution in [0.2, 0.25) is 0 Å². The van der Waals surface area contributed by atoms with Gasteiger partial charge in [0, 0.05) is 22.7 Å². The highest BCUT2D eigenvalue weighted by Crippen LogP contribution is 2.44. The standard InChI is InChI=1S/C30H31NO4/c1-29(2,28-34-19-23-11-7-8-12-26(23)35-28)20-30(3,24-13-14-25-22(17-24)15-16-31-25)27(32)33-18-21-9-5-4-6-10-21/h4-17,28,31H,18-20H2,1-3H3. The molecule has 1 aromatic heterocycles. The number of rotatable bonds is 7. The maximum absolute atomic E-state index is 13.8. The summed E-state index contributed by atoms with van der Waals surface area (Å²) < 4.78 is 18.3. The fourth-order valence-corrected chi connectivity index (χ4v) is 5.00. The van der Waals surface area contributed by atoms with E-state index in [0.29, 0.717) is 13.0 Å². The van der Waals surface area contributed by atoms with Crippen LogP contribution in [-0.4, -0.2) is 17.2 Å². The number of esters is 1. The van der Waals surface area contributed by atoms with Crippen LogP contribution in [0.1, 0.15) is 43.9 Å². The Balaban J connectivity index is 1.44. The predicted octanol–water partition coefficient (Wildman–Crippen LogP) is 6.52. The van der Waals surface area contributed by atoms with Gasteiger partial charge in [0.15, 0.2) is 0 Å². The molecule has 0 aliphatic carbocycles. The summed E-state index contributed by atoms with van der Waals surface area (Å²) in [6.45, 7) is 6.85. The molecule has 1 aliphatic rings. The number of ether oxygens (including phenoxy) is 3. The van der Waals surface area contributed by atoms with Crippen LogP contribution in [-0.2, 0) is 32.9 Å². The third-order valence-corrected chi connectivity index (χ3v) is 6.90. The Morgan fingerprint density at radius 2 is 1.77 bits per heavy atom. The number of carbonyl (C=O) groups excluding carboxylic acids is 1. The molecular weight excluding hydrogens is 438 g/mol. The van der Waals surface area contributed by atoms with Gasteiger partial charge in [0.25, 0.3) is 0 Å². The highest BCUT2D eigenvalue weighted by atomic mass is 16.7. The molecule has 5 heteroatoms. The first-order valence-corrected chi connectivity index (χ1v) is 12.0. The molecule has 0 saturated carbocycles. The van der Waals surface area contributed by atoms with Crippen molar-refractivity contribution < 1.29 is 19.0 Å². The summed E-state index contributed by atoms with van der Waals surface area (Å²) in [7, 11) is 0. The van der Waals surface area contributed by atoms with E-state index < -0.39 is 17.1 Å². The molecule has 1 N–H and O–H groups in total. The maximum Gasteiger partial charge on any atom is 0.316 e. The van der Waals surface area contributed by atoms with Crippen LogP contribution in [0.3, 0.4) is 0 Å². The van der Waals surface area contributed by atoms with Gasteiger partial charge in [-0.1, -0.05) is 68.4 Å². The molecule has 0 bridgehead atoms. The van der Waals surface area contributed by atoms with Crippen molar-refractivity contribution in [3.8, 4) is 5.75 Å². The molecule has 35 heavy (non-hydrogen) atoms. The van der Waals surface area contributed by atoms with Crippen LogP contribution in [0.4, 0.5) is 0 Å². The van der Waals surface area contributed by atoms with E-state index in [4.69, 9.17) is 14.2 Å². The highest BCUT2D eigenvalue weighted by Gasteiger charge is 2.46. The SMILES string of the molecule is CC(CC(C)(C)C1OCc2ccccc2O1)(C(=O)OCc1ccccc1)c1ccc2[nH]ccc2c1. The Kier molecular flexibility index (Phi) is 6.12. The average molecular weight is 470 g/mol. The van der Waals surface area contributed by atoms with Gasteiger partial charge < -0.3 is 19.2 Å². The second kappa shape index (κ2) is 9.23. The molecule has 2 heterocycles. The van der Waals surface area contributed by atoms with E-state index in [2.05, 4.69) is 24.9 Å². The fourth-order valence-electron chi connectivity index (χ4n) is 5.00. The van der Waals surface area contributed by atoms with E-state index in [1.807, 2.05) is 85.9 Å². The first-order chi connectivity index (χ1) is 16.8. The number of fused-ring (bicyclic) bond motifs is 2. The lowest BCUT2D eigenvalue weighted by molar-refractivity contribution is -0.180. The van der Waals surface area contributed by atoms with Crippen LogP contribution < -0.4 is 4.74 Å². The van der Waals surface area contributed by atoms with Gasteiger partial charge in [0.05, 0.1) is 12.0 Å². The number of hydrogen-bond acceptors (Lipinski definition) is 4. The normalized spacial score (nSPS) is 17.3. The van der Waals surface area contributed by atoms with Gasteiger partial charge in [-0.15, -0.1) is 0 Å². The minimum Gasteiger partial charge on any atom is -0.464 e. The van der Waals surface area contributed by atoms with Gasteiger partial charge >= 0.3 is 5.97 Å². The van der Waals surface area contributed by atoms with Crippen molar-refractivity contribution in [2.45, 2.75) is 52.1 Å². The van der Waals surface area contributed by atoms with E-state index in [1.54, 1.807) is 0 Å². The topological polar surface area (TPSA) is 60.6 Å². The summed E-state index contributed by atoms with van der Waals surface area (Å²) >= 11 is 0. The van der Waals surface area contributed by atoms with E-state index in [-0.39, 0.29) is 12.6 Å². The molecule has 0 amide bonds. The van der Waals surface area contributed by atoms with Gasteiger partial charge in [-0.2, -0.15) is 0 Å². The zero-order chi connectivity index (χ0) is 24.5. The van der Waals surface area contributed by atoms with Crippen molar-refractivity contribution in [3.63, 3.8) is 0 Å². The van der Waals surface area contributed by atoms with Gasteiger partial charge in [0.1, 0.15) is 12.4 Å². The first-order valence-electron chi connectivity index (χ1n) is 12.0. The van der Waals surface area contributed by atoms with E-state index in [9.17, 15) is 4.79 Å². The van der Waals surface area contributed by atoms with E-state index >= 15 is 0 Å². The molecule has 5 nitrogen and oxygen atoms in total. The van der Waals surface area contributed by atoms with E-state index in [0.717, 1.165) is 33.3 Å². The summed E-state index contributed by atoms with van der Waals surface area (Å²) in [5.41, 5.74) is 2.53. The number of benzene rings is 3. The molecule has 4 aromatic rings. The van der Waals surface area contributed by atoms with Gasteiger partial charge in [0.2, 0.25) is 6.29 Å². The molecule has 0 saturated heterocycles. The van der Waals surface area contributed by atoms with Gasteiger partial charge in [-0.05, 0) is 54.1 Å². The van der Waals surface area contributed by atoms with Crippen molar-refractivity contribution >= 4 is 16.9 Å². The molecule has 1 aliphatic heterocycles. The van der Waals surface area contributed by atoms with Crippen LogP contribution in [0.25, 0.3) is 10.9 Å². The minimum absolute atomic E-state index is 0.228. The average Bonchev–Trinajstić information content (AvgIpc) is 3.35. The highest BCUT2D eigenvalue weighted by molar-refractivity contribution is 5.86. The van der Waals surface area contributed by atoms with Crippen LogP contribution in [0.15, 0.2) is 85.1 Å². The lowest BCUT2D eigenvalue weighted by Crippen LogP contribution is -2.46. The quantitative estimate of drug-likeness (QED) is 0.313. The Hall–Kier alpha value is -3.57. The van der Waals surface area contributed by atoms with E-state index in [1.165, 1.54) is 0 Å². The molecule has 180 valence electrons. The third kappa shape index (κ3) is 4.69. The van der Waals surface area contributed by atoms with Crippen molar-refractivity contribution in [2.75, 3.05) is 0 Å². The molecule has 0 fully saturated rings. The smallest absolute Gasteiger partial charge is 0.316 e. The Morgan fingerprint density at radius 3 is 2.60 bits per heavy atom. The summed E-state index contributed by atoms with van der Waals surface area (Å²) in [5, 5.41) is 1.06. The molecular formula is C30H31NO4. The van der Waals surface area contributed by atoms with Crippen molar-refractivity contribution in [1.29, 1.82) is 0 Å². The Morgan fingerprint density at radius 1 is 1.00 bits per heavy atom. The molecule has 2 atom stereocenters. The van der Waals surface area contributed by atoms with Crippen LogP contribution in [0.5, 0.6) is 5.75 Å². The second-order valence-corrected chi connectivity index (χ2v) is 10.2. The van der Waals surface area contributed by atoms with Crippen molar-refractivity contribution in [3.05, 3.63) is 102 Å². The van der Waals surface area contributed by atoms with Gasteiger partial charge in [-0.3, -0.25) is 4.79 Å². The summed E-state index contributed by atoms with van der Waals surface area (Å²) in [6.07, 6.45) is 1.90. The molecule has 0 spiro atoms. The number of aromatic amines is 1. The van der Waals surface area contributed by atoms with Crippen LogP contribution in [0, 0.1) is 5.41 Å². The second-order valence-electron chi connectivity index (χ2n) is 10.2. The zero-order valence-corrected chi connectivity index (χ0v) is 20.4. The minimum atomic E-state index is -0.909. The largest absolute Gasteiger partial charge is 0.464 e. The monoisotopic (exact) mass is 469 g/mol. The number of nitrogens with one attached hydrogen (secondary N) is 1. The fraction of sp³-hybridized carbons (Fsp3) is 0.300. The molecule has 5 rings (SSSR count). The van der Waals surface area contributed by atoms with Gasteiger partial charge in [-0.25, -0.2) is 0 Å². The Bertz CT molecular complexity index is 1330. The van der Waals surface area contributed by atoms with Crippen LogP contribution >= 0.6 is 0 Å². The van der Waals surface area contributed by atoms with Crippen molar-refractivity contribution in [1.82, 2.24) is 4.98 Å². The molecule has 3 aromatic carbocycles. The number of carbonyl (C=O) groups is 1. The maximum atomic E-state index is 13.8. The first kappa shape index (κ1) is 23.2. The summed E-state index contributed by atoms with van der Waals surface area (Å²) in [4.78, 5) is 17.0. The van der Waals surface area contributed by atoms with Crippen molar-refractivity contribution in [2.24, 2.45) is 5.41 Å². The Labute approximate surface area is 206 Å². The zero-order valence-electron chi connectivity index (χ0n) is 20.4. The lowest BCUT2D eigenvalue weighted by atomic mass is 9.69. The lowest BCUT2D eigenvalue weighted by Gasteiger charge is -2.42. The number of aromatic nitrogens is 1. The predicted molar refractivity (Wildman–Crippen MR) is 136 cm³/mol. The molecule has 0 radical (unpaired) electrons. The number of para-hydroxylation sites is 1. The molecule has 2 unspecified atom stereocenters. The third-order valence-electron chi connectivity index (χ3n) is 6.90. The number of hydrogen-bond donors (Lipinski definition) is 1. The number of H-pyrrole nitrogens is 1. The summed E-state index contributed by atoms with van der Waals surface area (Å²) in [5.74, 6) is 0.569. The summed E-state index contributed by atoms with van der Waals surface area (Å²) in [6, 6.07) is 25.8.